The van der Waals surface area contributed by atoms with Gasteiger partial charge in [0.05, 0.1) is 11.3 Å². The summed E-state index contributed by atoms with van der Waals surface area (Å²) in [6.07, 6.45) is 10.8. The molecule has 2 fully saturated rings. The van der Waals surface area contributed by atoms with Gasteiger partial charge in [-0.2, -0.15) is 0 Å². The molecule has 3 aliphatic rings. The van der Waals surface area contributed by atoms with Crippen LogP contribution >= 0.6 is 0 Å². The number of hydrogen-bond acceptors (Lipinski definition) is 6. The molecule has 4 aromatic rings. The molecule has 3 atom stereocenters. The van der Waals surface area contributed by atoms with Gasteiger partial charge in [0.15, 0.2) is 11.5 Å². The molecule has 2 saturated heterocycles. The fourth-order valence-corrected chi connectivity index (χ4v) is 5.85. The lowest BCUT2D eigenvalue weighted by Crippen LogP contribution is -2.67. The second-order valence-electron chi connectivity index (χ2n) is 10.5. The summed E-state index contributed by atoms with van der Waals surface area (Å²) in [7, 11) is 0. The Morgan fingerprint density at radius 2 is 1.86 bits per heavy atom. The number of nitrogens with two attached hydrogens (primary N) is 1. The van der Waals surface area contributed by atoms with E-state index in [0.29, 0.717) is 23.8 Å². The molecule has 7 rings (SSSR count). The lowest BCUT2D eigenvalue weighted by Gasteiger charge is -2.53. The quantitative estimate of drug-likeness (QED) is 0.427. The average Bonchev–Trinajstić information content (AvgIpc) is 3.31. The number of piperidine rings is 1. The van der Waals surface area contributed by atoms with Gasteiger partial charge in [-0.05, 0) is 66.3 Å². The van der Waals surface area contributed by atoms with E-state index in [2.05, 4.69) is 81.3 Å². The van der Waals surface area contributed by atoms with Crippen LogP contribution in [-0.4, -0.2) is 49.6 Å². The van der Waals surface area contributed by atoms with Gasteiger partial charge in [-0.15, -0.1) is 0 Å². The molecule has 0 saturated carbocycles. The molecule has 0 radical (unpaired) electrons. The third kappa shape index (κ3) is 3.95. The van der Waals surface area contributed by atoms with Crippen LogP contribution in [0.5, 0.6) is 0 Å². The number of nitrogens with zero attached hydrogens (tertiary/aromatic N) is 5. The van der Waals surface area contributed by atoms with E-state index in [4.69, 9.17) is 15.7 Å². The van der Waals surface area contributed by atoms with E-state index in [0.717, 1.165) is 65.6 Å². The van der Waals surface area contributed by atoms with Gasteiger partial charge >= 0.3 is 0 Å². The topological polar surface area (TPSA) is 84.9 Å². The number of allylic oxidation sites excluding steroid dienone is 4. The maximum atomic E-state index is 6.31. The lowest BCUT2D eigenvalue weighted by molar-refractivity contribution is -0.0206. The summed E-state index contributed by atoms with van der Waals surface area (Å²) >= 11 is 0. The zero-order valence-electron chi connectivity index (χ0n) is 21.0. The smallest absolute Gasteiger partial charge is 0.165 e. The van der Waals surface area contributed by atoms with E-state index in [1.807, 2.05) is 12.1 Å². The molecule has 1 aromatic carbocycles. The van der Waals surface area contributed by atoms with Crippen molar-refractivity contribution in [1.82, 2.24) is 29.7 Å². The molecule has 3 N–H and O–H groups in total. The van der Waals surface area contributed by atoms with Gasteiger partial charge in [0.1, 0.15) is 11.3 Å². The standard InChI is InChI=1S/C30H31N7/c1-19-4-8-21(9-5-19)26-12-13-27-30(34-26)37(29(35-27)25-3-2-14-33-28(25)31)22-10-6-20(7-11-22)18-36-23-15-24(36)17-32-16-23/h2-4,6-14,19,23-24,32H,5,15-18H2,1H3,(H2,31,33). The van der Waals surface area contributed by atoms with Gasteiger partial charge in [-0.3, -0.25) is 9.47 Å². The third-order valence-corrected chi connectivity index (χ3v) is 8.00. The zero-order valence-corrected chi connectivity index (χ0v) is 21.0. The molecular weight excluding hydrogens is 458 g/mol. The number of hydrogen-bond donors (Lipinski definition) is 2. The zero-order chi connectivity index (χ0) is 24.9. The Hall–Kier alpha value is -3.81. The molecule has 0 spiro atoms. The van der Waals surface area contributed by atoms with Crippen LogP contribution in [0.3, 0.4) is 0 Å². The number of anilines is 1. The summed E-state index contributed by atoms with van der Waals surface area (Å²) in [5.74, 6) is 1.77. The number of pyridine rings is 2. The Morgan fingerprint density at radius 3 is 2.59 bits per heavy atom. The van der Waals surface area contributed by atoms with Crippen LogP contribution < -0.4 is 11.1 Å². The van der Waals surface area contributed by atoms with Crippen molar-refractivity contribution in [2.24, 2.45) is 5.92 Å². The second-order valence-corrected chi connectivity index (χ2v) is 10.5. The van der Waals surface area contributed by atoms with E-state index in [9.17, 15) is 0 Å². The molecule has 5 heterocycles. The highest BCUT2D eigenvalue weighted by atomic mass is 15.3. The summed E-state index contributed by atoms with van der Waals surface area (Å²) in [5.41, 5.74) is 13.2. The van der Waals surface area contributed by atoms with Crippen LogP contribution in [0.4, 0.5) is 5.82 Å². The Morgan fingerprint density at radius 1 is 1.03 bits per heavy atom. The molecule has 7 nitrogen and oxygen atoms in total. The SMILES string of the molecule is CC1C=CC(c2ccc3nc(-c4cccnc4N)n(-c4ccc(CN5C6CNCC5C6)cc4)c3n2)=CC1. The van der Waals surface area contributed by atoms with Crippen molar-refractivity contribution < 1.29 is 0 Å². The molecule has 37 heavy (non-hydrogen) atoms. The van der Waals surface area contributed by atoms with Crippen molar-refractivity contribution in [1.29, 1.82) is 0 Å². The summed E-state index contributed by atoms with van der Waals surface area (Å²) in [5, 5.41) is 3.52. The van der Waals surface area contributed by atoms with Crippen molar-refractivity contribution in [2.45, 2.75) is 38.4 Å². The van der Waals surface area contributed by atoms with Crippen LogP contribution in [0.2, 0.25) is 0 Å². The number of aromatic nitrogens is 4. The van der Waals surface area contributed by atoms with Gasteiger partial charge in [0.25, 0.3) is 0 Å². The molecule has 3 aromatic heterocycles. The Balaban J connectivity index is 1.31. The first-order chi connectivity index (χ1) is 18.1. The number of rotatable bonds is 5. The number of nitrogens with one attached hydrogen (secondary N) is 1. The Labute approximate surface area is 216 Å². The molecule has 186 valence electrons. The largest absolute Gasteiger partial charge is 0.383 e. The van der Waals surface area contributed by atoms with E-state index in [1.54, 1.807) is 6.20 Å². The van der Waals surface area contributed by atoms with Crippen molar-refractivity contribution in [3.8, 4) is 17.1 Å². The van der Waals surface area contributed by atoms with Crippen molar-refractivity contribution in [3.05, 3.63) is 84.2 Å². The minimum Gasteiger partial charge on any atom is -0.383 e. The average molecular weight is 490 g/mol. The fraction of sp³-hybridized carbons (Fsp3) is 0.300. The van der Waals surface area contributed by atoms with Crippen LogP contribution in [-0.2, 0) is 6.54 Å². The lowest BCUT2D eigenvalue weighted by atomic mass is 9.88. The van der Waals surface area contributed by atoms with Crippen molar-refractivity contribution in [3.63, 3.8) is 0 Å². The summed E-state index contributed by atoms with van der Waals surface area (Å²) in [4.78, 5) is 17.0. The van der Waals surface area contributed by atoms with Gasteiger partial charge < -0.3 is 11.1 Å². The number of imidazole rings is 1. The van der Waals surface area contributed by atoms with Crippen molar-refractivity contribution >= 4 is 22.6 Å². The highest BCUT2D eigenvalue weighted by Crippen LogP contribution is 2.33. The minimum atomic E-state index is 0.459. The molecule has 3 unspecified atom stereocenters. The molecular formula is C30H31N7. The van der Waals surface area contributed by atoms with E-state index >= 15 is 0 Å². The Kier molecular flexibility index (Phi) is 5.41. The number of fused-ring (bicyclic) bond motifs is 3. The molecule has 1 aliphatic carbocycles. The van der Waals surface area contributed by atoms with Gasteiger partial charge in [0, 0.05) is 43.6 Å². The predicted octanol–water partition coefficient (Wildman–Crippen LogP) is 4.59. The third-order valence-electron chi connectivity index (χ3n) is 8.00. The van der Waals surface area contributed by atoms with Crippen LogP contribution in [0.25, 0.3) is 33.8 Å². The normalized spacial score (nSPS) is 23.2. The van der Waals surface area contributed by atoms with E-state index in [-0.39, 0.29) is 0 Å². The first-order valence-electron chi connectivity index (χ1n) is 13.2. The number of nitrogen functional groups attached to an aromatic ring is 1. The highest BCUT2D eigenvalue weighted by Gasteiger charge is 2.40. The molecule has 2 bridgehead atoms. The summed E-state index contributed by atoms with van der Waals surface area (Å²) in [6.45, 7) is 5.43. The molecule has 2 aliphatic heterocycles. The first kappa shape index (κ1) is 22.4. The second kappa shape index (κ2) is 8.94. The fourth-order valence-electron chi connectivity index (χ4n) is 5.85. The summed E-state index contributed by atoms with van der Waals surface area (Å²) in [6, 6.07) is 18.1. The minimum absolute atomic E-state index is 0.459. The molecule has 0 amide bonds. The Bertz CT molecular complexity index is 1520. The first-order valence-corrected chi connectivity index (χ1v) is 13.2. The van der Waals surface area contributed by atoms with Crippen LogP contribution in [0.15, 0.2) is 73.0 Å². The summed E-state index contributed by atoms with van der Waals surface area (Å²) < 4.78 is 2.12. The van der Waals surface area contributed by atoms with Crippen LogP contribution in [0, 0.1) is 5.92 Å². The predicted molar refractivity (Wildman–Crippen MR) is 148 cm³/mol. The molecule has 7 heteroatoms. The van der Waals surface area contributed by atoms with Crippen LogP contribution in [0.1, 0.15) is 31.0 Å². The van der Waals surface area contributed by atoms with E-state index in [1.165, 1.54) is 12.0 Å². The van der Waals surface area contributed by atoms with Crippen molar-refractivity contribution in [2.75, 3.05) is 18.8 Å². The highest BCUT2D eigenvalue weighted by molar-refractivity contribution is 5.85. The maximum Gasteiger partial charge on any atom is 0.165 e. The number of benzene rings is 1. The maximum absolute atomic E-state index is 6.31. The van der Waals surface area contributed by atoms with Gasteiger partial charge in [-0.25, -0.2) is 15.0 Å². The number of piperazine rings is 1. The monoisotopic (exact) mass is 489 g/mol. The van der Waals surface area contributed by atoms with Gasteiger partial charge in [0.2, 0.25) is 0 Å². The van der Waals surface area contributed by atoms with Gasteiger partial charge in [-0.1, -0.05) is 37.3 Å². The van der Waals surface area contributed by atoms with E-state index < -0.39 is 0 Å².